The Morgan fingerprint density at radius 1 is 1.25 bits per heavy atom. The predicted molar refractivity (Wildman–Crippen MR) is 104 cm³/mol. The largest absolute Gasteiger partial charge is 0.354 e. The van der Waals surface area contributed by atoms with E-state index in [1.54, 1.807) is 24.0 Å². The van der Waals surface area contributed by atoms with Gasteiger partial charge in [0.2, 0.25) is 11.8 Å². The van der Waals surface area contributed by atoms with Crippen molar-refractivity contribution in [3.63, 3.8) is 0 Å². The summed E-state index contributed by atoms with van der Waals surface area (Å²) in [6, 6.07) is 5.76. The van der Waals surface area contributed by atoms with Crippen molar-refractivity contribution in [2.24, 2.45) is 11.8 Å². The summed E-state index contributed by atoms with van der Waals surface area (Å²) in [5.41, 5.74) is 1.71. The van der Waals surface area contributed by atoms with Crippen molar-refractivity contribution in [2.45, 2.75) is 52.1 Å². The maximum Gasteiger partial charge on any atom is 0.241 e. The van der Waals surface area contributed by atoms with E-state index in [-0.39, 0.29) is 24.4 Å². The molecule has 0 saturated heterocycles. The van der Waals surface area contributed by atoms with Crippen molar-refractivity contribution < 1.29 is 9.59 Å². The zero-order valence-corrected chi connectivity index (χ0v) is 16.5. The molecule has 0 bridgehead atoms. The smallest absolute Gasteiger partial charge is 0.241 e. The average Bonchev–Trinajstić information content (AvgIpc) is 3.10. The normalized spacial score (nSPS) is 20.4. The summed E-state index contributed by atoms with van der Waals surface area (Å²) < 4.78 is 1.55. The Balaban J connectivity index is 1.47. The maximum absolute atomic E-state index is 12.1. The number of hydrogen-bond acceptors (Lipinski definition) is 5. The quantitative estimate of drug-likeness (QED) is 0.758. The van der Waals surface area contributed by atoms with E-state index >= 15 is 0 Å². The molecular weight excluding hydrogens is 356 g/mol. The van der Waals surface area contributed by atoms with Crippen LogP contribution in [0.1, 0.15) is 50.0 Å². The van der Waals surface area contributed by atoms with E-state index in [1.165, 1.54) is 0 Å². The van der Waals surface area contributed by atoms with E-state index in [1.807, 2.05) is 25.1 Å². The lowest BCUT2D eigenvalue weighted by molar-refractivity contribution is -0.122. The summed E-state index contributed by atoms with van der Waals surface area (Å²) >= 11 is 0. The highest BCUT2D eigenvalue weighted by Gasteiger charge is 2.30. The van der Waals surface area contributed by atoms with Crippen molar-refractivity contribution in [3.05, 3.63) is 42.0 Å². The highest BCUT2D eigenvalue weighted by Crippen LogP contribution is 2.36. The molecule has 0 radical (unpaired) electrons. The van der Waals surface area contributed by atoms with Crippen LogP contribution in [0.4, 0.5) is 0 Å². The molecule has 2 aromatic heterocycles. The molecule has 1 saturated carbocycles. The van der Waals surface area contributed by atoms with E-state index in [9.17, 15) is 9.59 Å². The molecule has 2 aromatic rings. The van der Waals surface area contributed by atoms with E-state index in [2.05, 4.69) is 25.9 Å². The Morgan fingerprint density at radius 2 is 2.04 bits per heavy atom. The zero-order valence-electron chi connectivity index (χ0n) is 16.5. The van der Waals surface area contributed by atoms with Crippen molar-refractivity contribution in [1.29, 1.82) is 0 Å². The highest BCUT2D eigenvalue weighted by molar-refractivity contribution is 5.75. The Morgan fingerprint density at radius 3 is 2.64 bits per heavy atom. The third-order valence-electron chi connectivity index (χ3n) is 5.27. The standard InChI is InChI=1S/C20H28N6O2/c1-14-12-26(25-24-14)13-19(28)22-11-16-6-8-17(9-7-16)20(23-15(2)27)18-5-3-4-10-21-18/h3-5,10,12,16-17,20H,6-9,11,13H2,1-2H3,(H,22,28)(H,23,27)/t16?,17?,20-/m0/s1. The maximum atomic E-state index is 12.1. The molecule has 0 unspecified atom stereocenters. The van der Waals surface area contributed by atoms with Gasteiger partial charge in [0, 0.05) is 25.9 Å². The Hall–Kier alpha value is -2.77. The van der Waals surface area contributed by atoms with Crippen LogP contribution in [0, 0.1) is 18.8 Å². The minimum absolute atomic E-state index is 0.0339. The van der Waals surface area contributed by atoms with Crippen molar-refractivity contribution in [2.75, 3.05) is 6.54 Å². The van der Waals surface area contributed by atoms with Gasteiger partial charge in [-0.15, -0.1) is 5.10 Å². The van der Waals surface area contributed by atoms with Crippen LogP contribution >= 0.6 is 0 Å². The molecule has 8 heteroatoms. The monoisotopic (exact) mass is 384 g/mol. The van der Waals surface area contributed by atoms with Gasteiger partial charge < -0.3 is 10.6 Å². The van der Waals surface area contributed by atoms with Crippen LogP contribution in [-0.4, -0.2) is 38.3 Å². The van der Waals surface area contributed by atoms with Gasteiger partial charge in [0.1, 0.15) is 6.54 Å². The Bertz CT molecular complexity index is 783. The lowest BCUT2D eigenvalue weighted by Crippen LogP contribution is -2.37. The molecular formula is C20H28N6O2. The summed E-state index contributed by atoms with van der Waals surface area (Å²) in [5.74, 6) is 0.744. The Kier molecular flexibility index (Phi) is 6.73. The fourth-order valence-electron chi connectivity index (χ4n) is 3.87. The van der Waals surface area contributed by atoms with Gasteiger partial charge in [-0.05, 0) is 56.6 Å². The summed E-state index contributed by atoms with van der Waals surface area (Å²) in [6.45, 7) is 4.26. The number of nitrogens with one attached hydrogen (secondary N) is 2. The zero-order chi connectivity index (χ0) is 19.9. The van der Waals surface area contributed by atoms with E-state index in [0.29, 0.717) is 18.4 Å². The number of hydrogen-bond donors (Lipinski definition) is 2. The molecule has 2 amide bonds. The lowest BCUT2D eigenvalue weighted by Gasteiger charge is -2.34. The number of aromatic nitrogens is 4. The van der Waals surface area contributed by atoms with E-state index in [4.69, 9.17) is 0 Å². The van der Waals surface area contributed by atoms with Crippen LogP contribution in [0.5, 0.6) is 0 Å². The fraction of sp³-hybridized carbons (Fsp3) is 0.550. The van der Waals surface area contributed by atoms with Crippen LogP contribution in [0.2, 0.25) is 0 Å². The molecule has 0 spiro atoms. The van der Waals surface area contributed by atoms with Gasteiger partial charge in [-0.1, -0.05) is 11.3 Å². The first kappa shape index (κ1) is 20.0. The molecule has 0 aliphatic heterocycles. The minimum Gasteiger partial charge on any atom is -0.354 e. The summed E-state index contributed by atoms with van der Waals surface area (Å²) in [4.78, 5) is 28.2. The molecule has 1 atom stereocenters. The van der Waals surface area contributed by atoms with Crippen molar-refractivity contribution >= 4 is 11.8 Å². The van der Waals surface area contributed by atoms with Gasteiger partial charge in [-0.3, -0.25) is 14.6 Å². The molecule has 3 rings (SSSR count). The number of nitrogens with zero attached hydrogens (tertiary/aromatic N) is 4. The molecule has 1 fully saturated rings. The second-order valence-electron chi connectivity index (χ2n) is 7.58. The number of amides is 2. The minimum atomic E-state index is -0.0511. The predicted octanol–water partition coefficient (Wildman–Crippen LogP) is 1.78. The highest BCUT2D eigenvalue weighted by atomic mass is 16.2. The molecule has 1 aliphatic rings. The number of pyridine rings is 1. The molecule has 2 N–H and O–H groups in total. The van der Waals surface area contributed by atoms with Crippen molar-refractivity contribution in [3.8, 4) is 0 Å². The third kappa shape index (κ3) is 5.61. The number of carbonyl (C=O) groups excluding carboxylic acids is 2. The molecule has 28 heavy (non-hydrogen) atoms. The number of aryl methyl sites for hydroxylation is 1. The molecule has 8 nitrogen and oxygen atoms in total. The van der Waals surface area contributed by atoms with Crippen LogP contribution in [0.3, 0.4) is 0 Å². The lowest BCUT2D eigenvalue weighted by atomic mass is 9.77. The molecule has 1 aliphatic carbocycles. The number of rotatable bonds is 7. The van der Waals surface area contributed by atoms with Gasteiger partial charge in [0.05, 0.1) is 17.4 Å². The van der Waals surface area contributed by atoms with Crippen LogP contribution in [0.25, 0.3) is 0 Å². The first-order chi connectivity index (χ1) is 13.5. The van der Waals surface area contributed by atoms with Gasteiger partial charge in [0.25, 0.3) is 0 Å². The second kappa shape index (κ2) is 9.43. The van der Waals surface area contributed by atoms with E-state index in [0.717, 1.165) is 37.1 Å². The molecule has 150 valence electrons. The fourth-order valence-corrected chi connectivity index (χ4v) is 3.87. The third-order valence-corrected chi connectivity index (χ3v) is 5.27. The van der Waals surface area contributed by atoms with Crippen LogP contribution < -0.4 is 10.6 Å². The summed E-state index contributed by atoms with van der Waals surface area (Å²) in [6.07, 6.45) is 7.58. The van der Waals surface area contributed by atoms with Crippen LogP contribution in [-0.2, 0) is 16.1 Å². The van der Waals surface area contributed by atoms with Gasteiger partial charge in [-0.25, -0.2) is 4.68 Å². The first-order valence-electron chi connectivity index (χ1n) is 9.82. The second-order valence-corrected chi connectivity index (χ2v) is 7.58. The average molecular weight is 384 g/mol. The number of carbonyl (C=O) groups is 2. The summed E-state index contributed by atoms with van der Waals surface area (Å²) in [5, 5.41) is 13.9. The van der Waals surface area contributed by atoms with Gasteiger partial charge in [-0.2, -0.15) is 0 Å². The Labute approximate surface area is 165 Å². The van der Waals surface area contributed by atoms with Crippen LogP contribution in [0.15, 0.2) is 30.6 Å². The first-order valence-corrected chi connectivity index (χ1v) is 9.82. The molecule has 2 heterocycles. The SMILES string of the molecule is CC(=O)N[C@H](c1ccccn1)C1CCC(CNC(=O)Cn2cc(C)nn2)CC1. The van der Waals surface area contributed by atoms with E-state index < -0.39 is 0 Å². The van der Waals surface area contributed by atoms with Crippen molar-refractivity contribution in [1.82, 2.24) is 30.6 Å². The van der Waals surface area contributed by atoms with Gasteiger partial charge in [0.15, 0.2) is 0 Å². The summed E-state index contributed by atoms with van der Waals surface area (Å²) in [7, 11) is 0. The molecule has 0 aromatic carbocycles. The van der Waals surface area contributed by atoms with Gasteiger partial charge >= 0.3 is 0 Å². The topological polar surface area (TPSA) is 102 Å².